The van der Waals surface area contributed by atoms with Gasteiger partial charge in [0.2, 0.25) is 0 Å². The smallest absolute Gasteiger partial charge is 0.256 e. The van der Waals surface area contributed by atoms with Crippen LogP contribution in [0.1, 0.15) is 23.7 Å². The number of carbonyl (C=O) groups excluding carboxylic acids is 1. The van der Waals surface area contributed by atoms with Crippen LogP contribution >= 0.6 is 15.9 Å². The van der Waals surface area contributed by atoms with Crippen molar-refractivity contribution >= 4 is 27.5 Å². The van der Waals surface area contributed by atoms with Crippen LogP contribution in [0.2, 0.25) is 0 Å². The van der Waals surface area contributed by atoms with E-state index in [0.29, 0.717) is 23.7 Å². The van der Waals surface area contributed by atoms with Gasteiger partial charge in [0.05, 0.1) is 11.7 Å². The van der Waals surface area contributed by atoms with Crippen LogP contribution in [0.5, 0.6) is 0 Å². The summed E-state index contributed by atoms with van der Waals surface area (Å²) in [6.07, 6.45) is 1.06. The SMILES string of the molecule is COC1CN(C(=O)c2ccc(Br)cc2N)CCC1C. The van der Waals surface area contributed by atoms with Gasteiger partial charge in [-0.05, 0) is 30.5 Å². The molecule has 1 saturated heterocycles. The molecule has 0 radical (unpaired) electrons. The highest BCUT2D eigenvalue weighted by atomic mass is 79.9. The molecule has 1 aliphatic rings. The summed E-state index contributed by atoms with van der Waals surface area (Å²) < 4.78 is 6.31. The first-order chi connectivity index (χ1) is 9.02. The summed E-state index contributed by atoms with van der Waals surface area (Å²) in [5.74, 6) is 0.468. The molecule has 0 bridgehead atoms. The van der Waals surface area contributed by atoms with Gasteiger partial charge in [-0.1, -0.05) is 22.9 Å². The Morgan fingerprint density at radius 2 is 2.26 bits per heavy atom. The molecule has 0 saturated carbocycles. The van der Waals surface area contributed by atoms with Crippen molar-refractivity contribution in [2.45, 2.75) is 19.4 Å². The van der Waals surface area contributed by atoms with Gasteiger partial charge in [-0.25, -0.2) is 0 Å². The van der Waals surface area contributed by atoms with Crippen LogP contribution in [-0.4, -0.2) is 37.1 Å². The number of carbonyl (C=O) groups is 1. The molecule has 4 nitrogen and oxygen atoms in total. The molecule has 104 valence electrons. The molecule has 0 spiro atoms. The van der Waals surface area contributed by atoms with Gasteiger partial charge in [0.1, 0.15) is 0 Å². The number of nitrogens with two attached hydrogens (primary N) is 1. The van der Waals surface area contributed by atoms with E-state index in [2.05, 4.69) is 22.9 Å². The number of nitrogen functional groups attached to an aromatic ring is 1. The number of nitrogens with zero attached hydrogens (tertiary/aromatic N) is 1. The molecule has 5 heteroatoms. The highest BCUT2D eigenvalue weighted by Crippen LogP contribution is 2.24. The largest absolute Gasteiger partial charge is 0.398 e. The average Bonchev–Trinajstić information content (AvgIpc) is 2.38. The van der Waals surface area contributed by atoms with Crippen LogP contribution in [0.3, 0.4) is 0 Å². The van der Waals surface area contributed by atoms with E-state index >= 15 is 0 Å². The lowest BCUT2D eigenvalue weighted by atomic mass is 9.95. The van der Waals surface area contributed by atoms with Crippen molar-refractivity contribution in [3.8, 4) is 0 Å². The summed E-state index contributed by atoms with van der Waals surface area (Å²) in [5.41, 5.74) is 6.98. The van der Waals surface area contributed by atoms with Gasteiger partial charge in [-0.3, -0.25) is 4.79 Å². The molecule has 1 amide bonds. The number of benzene rings is 1. The molecule has 1 fully saturated rings. The third kappa shape index (κ3) is 3.09. The molecule has 0 aromatic heterocycles. The second-order valence-electron chi connectivity index (χ2n) is 5.02. The van der Waals surface area contributed by atoms with E-state index in [9.17, 15) is 4.79 Å². The van der Waals surface area contributed by atoms with E-state index < -0.39 is 0 Å². The van der Waals surface area contributed by atoms with Crippen molar-refractivity contribution in [1.29, 1.82) is 0 Å². The lowest BCUT2D eigenvalue weighted by Gasteiger charge is -2.36. The number of anilines is 1. The maximum Gasteiger partial charge on any atom is 0.256 e. The van der Waals surface area contributed by atoms with E-state index in [1.165, 1.54) is 0 Å². The summed E-state index contributed by atoms with van der Waals surface area (Å²) in [6.45, 7) is 3.55. The Morgan fingerprint density at radius 1 is 1.53 bits per heavy atom. The maximum atomic E-state index is 12.5. The molecule has 1 heterocycles. The third-order valence-corrected chi connectivity index (χ3v) is 4.22. The number of likely N-dealkylation sites (tertiary alicyclic amines) is 1. The first kappa shape index (κ1) is 14.3. The fourth-order valence-corrected chi connectivity index (χ4v) is 2.80. The molecule has 1 aliphatic heterocycles. The molecule has 2 atom stereocenters. The van der Waals surface area contributed by atoms with Crippen LogP contribution in [0.25, 0.3) is 0 Å². The van der Waals surface area contributed by atoms with Gasteiger partial charge >= 0.3 is 0 Å². The van der Waals surface area contributed by atoms with Crippen LogP contribution in [0.4, 0.5) is 5.69 Å². The molecular formula is C14H19BrN2O2. The van der Waals surface area contributed by atoms with Crippen molar-refractivity contribution < 1.29 is 9.53 Å². The number of piperidine rings is 1. The zero-order valence-electron chi connectivity index (χ0n) is 11.2. The Kier molecular flexibility index (Phi) is 4.47. The van der Waals surface area contributed by atoms with Crippen LogP contribution in [0.15, 0.2) is 22.7 Å². The van der Waals surface area contributed by atoms with Crippen LogP contribution in [0, 0.1) is 5.92 Å². The molecular weight excluding hydrogens is 308 g/mol. The van der Waals surface area contributed by atoms with Crippen molar-refractivity contribution in [1.82, 2.24) is 4.90 Å². The van der Waals surface area contributed by atoms with Gasteiger partial charge in [-0.2, -0.15) is 0 Å². The lowest BCUT2D eigenvalue weighted by Crippen LogP contribution is -2.46. The number of amides is 1. The van der Waals surface area contributed by atoms with Crippen LogP contribution in [-0.2, 0) is 4.74 Å². The Labute approximate surface area is 122 Å². The number of halogens is 1. The van der Waals surface area contributed by atoms with Crippen molar-refractivity contribution in [2.75, 3.05) is 25.9 Å². The number of hydrogen-bond acceptors (Lipinski definition) is 3. The first-order valence-corrected chi connectivity index (χ1v) is 7.19. The van der Waals surface area contributed by atoms with E-state index in [1.807, 2.05) is 11.0 Å². The standard InChI is InChI=1S/C14H19BrN2O2/c1-9-5-6-17(8-13(9)19-2)14(18)11-4-3-10(15)7-12(11)16/h3-4,7,9,13H,5-6,8,16H2,1-2H3. The van der Waals surface area contributed by atoms with Gasteiger partial charge in [-0.15, -0.1) is 0 Å². The normalized spacial score (nSPS) is 23.4. The summed E-state index contributed by atoms with van der Waals surface area (Å²) >= 11 is 3.35. The van der Waals surface area contributed by atoms with E-state index in [-0.39, 0.29) is 12.0 Å². The monoisotopic (exact) mass is 326 g/mol. The number of hydrogen-bond donors (Lipinski definition) is 1. The number of rotatable bonds is 2. The van der Waals surface area contributed by atoms with Gasteiger partial charge < -0.3 is 15.4 Å². The van der Waals surface area contributed by atoms with Gasteiger partial charge in [0.25, 0.3) is 5.91 Å². The average molecular weight is 327 g/mol. The molecule has 0 aliphatic carbocycles. The quantitative estimate of drug-likeness (QED) is 0.849. The fraction of sp³-hybridized carbons (Fsp3) is 0.500. The summed E-state index contributed by atoms with van der Waals surface area (Å²) in [7, 11) is 1.70. The zero-order valence-corrected chi connectivity index (χ0v) is 12.8. The topological polar surface area (TPSA) is 55.6 Å². The first-order valence-electron chi connectivity index (χ1n) is 6.40. The fourth-order valence-electron chi connectivity index (χ4n) is 2.42. The molecule has 2 N–H and O–H groups in total. The minimum Gasteiger partial charge on any atom is -0.398 e. The third-order valence-electron chi connectivity index (χ3n) is 3.72. The van der Waals surface area contributed by atoms with E-state index in [1.54, 1.807) is 19.2 Å². The minimum absolute atomic E-state index is 0.0149. The van der Waals surface area contributed by atoms with E-state index in [4.69, 9.17) is 10.5 Å². The summed E-state index contributed by atoms with van der Waals surface area (Å²) in [4.78, 5) is 14.3. The van der Waals surface area contributed by atoms with E-state index in [0.717, 1.165) is 17.4 Å². The summed E-state index contributed by atoms with van der Waals surface area (Å²) in [5, 5.41) is 0. The zero-order chi connectivity index (χ0) is 14.0. The Bertz CT molecular complexity index is 479. The second-order valence-corrected chi connectivity index (χ2v) is 5.94. The van der Waals surface area contributed by atoms with Crippen molar-refractivity contribution in [3.05, 3.63) is 28.2 Å². The van der Waals surface area contributed by atoms with Gasteiger partial charge in [0, 0.05) is 30.4 Å². The molecule has 2 unspecified atom stereocenters. The molecule has 1 aromatic rings. The number of methoxy groups -OCH3 is 1. The lowest BCUT2D eigenvalue weighted by molar-refractivity contribution is -0.00152. The van der Waals surface area contributed by atoms with Crippen LogP contribution < -0.4 is 5.73 Å². The molecule has 1 aromatic carbocycles. The van der Waals surface area contributed by atoms with Crippen molar-refractivity contribution in [2.24, 2.45) is 5.92 Å². The Hall–Kier alpha value is -1.07. The summed E-state index contributed by atoms with van der Waals surface area (Å²) in [6, 6.07) is 5.36. The minimum atomic E-state index is -0.0149. The highest BCUT2D eigenvalue weighted by molar-refractivity contribution is 9.10. The highest BCUT2D eigenvalue weighted by Gasteiger charge is 2.29. The molecule has 19 heavy (non-hydrogen) atoms. The maximum absolute atomic E-state index is 12.5. The molecule has 2 rings (SSSR count). The van der Waals surface area contributed by atoms with Crippen molar-refractivity contribution in [3.63, 3.8) is 0 Å². The van der Waals surface area contributed by atoms with Gasteiger partial charge in [0.15, 0.2) is 0 Å². The predicted molar refractivity (Wildman–Crippen MR) is 79.0 cm³/mol. The predicted octanol–water partition coefficient (Wildman–Crippen LogP) is 2.53. The Morgan fingerprint density at radius 3 is 2.89 bits per heavy atom. The number of ether oxygens (including phenoxy) is 1. The second kappa shape index (κ2) is 5.92. The Balaban J connectivity index is 2.15.